The van der Waals surface area contributed by atoms with Gasteiger partial charge in [0.2, 0.25) is 0 Å². The summed E-state index contributed by atoms with van der Waals surface area (Å²) in [6.07, 6.45) is 3.23. The minimum absolute atomic E-state index is 0.100. The van der Waals surface area contributed by atoms with Crippen molar-refractivity contribution in [2.45, 2.75) is 20.7 Å². The van der Waals surface area contributed by atoms with Crippen molar-refractivity contribution in [2.75, 3.05) is 18.5 Å². The first kappa shape index (κ1) is 20.3. The summed E-state index contributed by atoms with van der Waals surface area (Å²) in [5, 5.41) is 12.3. The van der Waals surface area contributed by atoms with Crippen LogP contribution in [0.2, 0.25) is 0 Å². The summed E-state index contributed by atoms with van der Waals surface area (Å²) >= 11 is 2.29. The maximum absolute atomic E-state index is 13.8. The number of nitrogens with zero attached hydrogens (tertiary/aromatic N) is 2. The summed E-state index contributed by atoms with van der Waals surface area (Å²) in [5.41, 5.74) is -0.202. The zero-order valence-electron chi connectivity index (χ0n) is 14.5. The molecule has 3 rings (SSSR count). The normalized spacial score (nSPS) is 10.8. The monoisotopic (exact) mass is 422 g/mol. The van der Waals surface area contributed by atoms with Crippen LogP contribution in [0.1, 0.15) is 5.56 Å². The molecule has 2 aromatic heterocycles. The van der Waals surface area contributed by atoms with Crippen LogP contribution in [0.4, 0.5) is 14.6 Å². The molecule has 0 amide bonds. The fourth-order valence-electron chi connectivity index (χ4n) is 2.23. The average Bonchev–Trinajstić information content (AvgIpc) is 2.70. The molecule has 0 unspecified atom stereocenters. The van der Waals surface area contributed by atoms with E-state index in [1.165, 1.54) is 23.9 Å². The van der Waals surface area contributed by atoms with Gasteiger partial charge in [0.1, 0.15) is 10.7 Å². The predicted octanol–water partition coefficient (Wildman–Crippen LogP) is 3.29. The first-order valence-electron chi connectivity index (χ1n) is 8.21. The van der Waals surface area contributed by atoms with Crippen LogP contribution in [-0.2, 0) is 5.75 Å². The second-order valence-corrected chi connectivity index (χ2v) is 7.53. The average molecular weight is 422 g/mol. The van der Waals surface area contributed by atoms with Gasteiger partial charge in [-0.25, -0.2) is 13.8 Å². The van der Waals surface area contributed by atoms with E-state index in [4.69, 9.17) is 5.11 Å². The maximum atomic E-state index is 13.8. The molecule has 0 fully saturated rings. The Bertz CT molecular complexity index is 1000. The van der Waals surface area contributed by atoms with Crippen LogP contribution in [0.25, 0.3) is 0 Å². The van der Waals surface area contributed by atoms with Gasteiger partial charge < -0.3 is 15.4 Å². The van der Waals surface area contributed by atoms with Gasteiger partial charge in [0, 0.05) is 35.2 Å². The minimum atomic E-state index is -0.922. The Balaban J connectivity index is 1.85. The van der Waals surface area contributed by atoms with Crippen molar-refractivity contribution in [3.63, 3.8) is 0 Å². The molecule has 10 heteroatoms. The highest BCUT2D eigenvalue weighted by atomic mass is 32.2. The second-order valence-electron chi connectivity index (χ2n) is 5.49. The largest absolute Gasteiger partial charge is 0.395 e. The van der Waals surface area contributed by atoms with E-state index < -0.39 is 11.6 Å². The number of aromatic nitrogens is 3. The molecule has 0 bridgehead atoms. The minimum Gasteiger partial charge on any atom is -0.395 e. The van der Waals surface area contributed by atoms with Crippen molar-refractivity contribution in [3.8, 4) is 0 Å². The first-order valence-corrected chi connectivity index (χ1v) is 10.0. The lowest BCUT2D eigenvalue weighted by molar-refractivity contribution is 0.311. The molecule has 2 heterocycles. The van der Waals surface area contributed by atoms with E-state index in [9.17, 15) is 13.6 Å². The van der Waals surface area contributed by atoms with Gasteiger partial charge in [-0.3, -0.25) is 9.78 Å². The number of anilines is 1. The lowest BCUT2D eigenvalue weighted by Crippen LogP contribution is -2.17. The predicted molar refractivity (Wildman–Crippen MR) is 105 cm³/mol. The molecule has 0 aliphatic carbocycles. The van der Waals surface area contributed by atoms with E-state index >= 15 is 0 Å². The van der Waals surface area contributed by atoms with E-state index in [0.717, 1.165) is 22.7 Å². The van der Waals surface area contributed by atoms with Crippen molar-refractivity contribution in [1.82, 2.24) is 15.0 Å². The molecule has 0 aliphatic rings. The summed E-state index contributed by atoms with van der Waals surface area (Å²) in [6, 6.07) is 7.46. The molecule has 0 spiro atoms. The van der Waals surface area contributed by atoms with E-state index in [0.29, 0.717) is 10.7 Å². The van der Waals surface area contributed by atoms with Gasteiger partial charge >= 0.3 is 0 Å². The van der Waals surface area contributed by atoms with Crippen LogP contribution < -0.4 is 10.9 Å². The van der Waals surface area contributed by atoms with Gasteiger partial charge in [-0.1, -0.05) is 35.7 Å². The van der Waals surface area contributed by atoms with E-state index in [1.807, 2.05) is 0 Å². The van der Waals surface area contributed by atoms with Crippen molar-refractivity contribution in [3.05, 3.63) is 70.3 Å². The van der Waals surface area contributed by atoms with E-state index in [2.05, 4.69) is 20.3 Å². The van der Waals surface area contributed by atoms with E-state index in [1.54, 1.807) is 24.5 Å². The summed E-state index contributed by atoms with van der Waals surface area (Å²) in [4.78, 5) is 24.7. The molecule has 146 valence electrons. The van der Waals surface area contributed by atoms with Gasteiger partial charge in [-0.2, -0.15) is 0 Å². The number of aromatic amines is 1. The summed E-state index contributed by atoms with van der Waals surface area (Å²) in [5.74, 6) is -1.43. The number of rotatable bonds is 8. The maximum Gasteiger partial charge on any atom is 0.267 e. The van der Waals surface area contributed by atoms with Crippen LogP contribution in [0, 0.1) is 11.6 Å². The molecular weight excluding hydrogens is 406 g/mol. The molecule has 3 aromatic rings. The number of nitrogens with one attached hydrogen (secondary N) is 2. The SMILES string of the molecule is O=c1[nH]c(SCc2cccc(F)c2F)nc(NCCO)c1Sc1ccncc1. The third-order valence-electron chi connectivity index (χ3n) is 3.52. The molecular formula is C18H16F2N4O2S2. The topological polar surface area (TPSA) is 90.9 Å². The van der Waals surface area contributed by atoms with E-state index in [-0.39, 0.29) is 35.2 Å². The van der Waals surface area contributed by atoms with Gasteiger partial charge in [0.05, 0.1) is 6.61 Å². The van der Waals surface area contributed by atoms with Gasteiger partial charge in [-0.15, -0.1) is 0 Å². The molecule has 3 N–H and O–H groups in total. The number of hydrogen-bond donors (Lipinski definition) is 3. The van der Waals surface area contributed by atoms with Crippen LogP contribution >= 0.6 is 23.5 Å². The van der Waals surface area contributed by atoms with Crippen molar-refractivity contribution < 1.29 is 13.9 Å². The van der Waals surface area contributed by atoms with Crippen LogP contribution in [0.15, 0.2) is 62.5 Å². The summed E-state index contributed by atoms with van der Waals surface area (Å²) < 4.78 is 27.1. The zero-order valence-corrected chi connectivity index (χ0v) is 16.1. The highest BCUT2D eigenvalue weighted by Gasteiger charge is 2.15. The highest BCUT2D eigenvalue weighted by Crippen LogP contribution is 2.30. The van der Waals surface area contributed by atoms with Gasteiger partial charge in [-0.05, 0) is 18.2 Å². The molecule has 0 atom stereocenters. The van der Waals surface area contributed by atoms with Crippen LogP contribution in [-0.4, -0.2) is 33.2 Å². The Morgan fingerprint density at radius 3 is 2.71 bits per heavy atom. The molecule has 6 nitrogen and oxygen atoms in total. The third kappa shape index (κ3) is 5.09. The fourth-order valence-corrected chi connectivity index (χ4v) is 3.92. The molecule has 0 saturated carbocycles. The first-order chi connectivity index (χ1) is 13.6. The molecule has 0 radical (unpaired) electrons. The Hall–Kier alpha value is -2.43. The number of aliphatic hydroxyl groups is 1. The van der Waals surface area contributed by atoms with Gasteiger partial charge in [0.25, 0.3) is 5.56 Å². The van der Waals surface area contributed by atoms with Crippen molar-refractivity contribution in [2.24, 2.45) is 0 Å². The number of pyridine rings is 1. The molecule has 28 heavy (non-hydrogen) atoms. The Morgan fingerprint density at radius 2 is 1.96 bits per heavy atom. The number of benzene rings is 1. The number of aliphatic hydroxyl groups excluding tert-OH is 1. The number of halogens is 2. The Labute approximate surface area is 167 Å². The molecule has 0 aliphatic heterocycles. The van der Waals surface area contributed by atoms with Crippen molar-refractivity contribution in [1.29, 1.82) is 0 Å². The van der Waals surface area contributed by atoms with Gasteiger partial charge in [0.15, 0.2) is 16.8 Å². The highest BCUT2D eigenvalue weighted by molar-refractivity contribution is 7.99. The standard InChI is InChI=1S/C18H16F2N4O2S2/c19-13-3-1-2-11(14(13)20)10-27-18-23-16(22-8-9-25)15(17(26)24-18)28-12-4-6-21-7-5-12/h1-7,25H,8-10H2,(H2,22,23,24,26). The van der Waals surface area contributed by atoms with Crippen LogP contribution in [0.3, 0.4) is 0 Å². The Morgan fingerprint density at radius 1 is 1.18 bits per heavy atom. The van der Waals surface area contributed by atoms with Crippen molar-refractivity contribution >= 4 is 29.3 Å². The summed E-state index contributed by atoms with van der Waals surface area (Å²) in [6.45, 7) is 0.0772. The number of hydrogen-bond acceptors (Lipinski definition) is 7. The number of H-pyrrole nitrogens is 1. The molecule has 0 saturated heterocycles. The quantitative estimate of drug-likeness (QED) is 0.379. The lowest BCUT2D eigenvalue weighted by Gasteiger charge is -2.11. The zero-order chi connectivity index (χ0) is 19.9. The fraction of sp³-hybridized carbons (Fsp3) is 0.167. The summed E-state index contributed by atoms with van der Waals surface area (Å²) in [7, 11) is 0. The Kier molecular flexibility index (Phi) is 7.01. The lowest BCUT2D eigenvalue weighted by atomic mass is 10.2. The smallest absolute Gasteiger partial charge is 0.267 e. The number of thioether (sulfide) groups is 1. The molecule has 1 aromatic carbocycles. The van der Waals surface area contributed by atoms with Crippen LogP contribution in [0.5, 0.6) is 0 Å². The third-order valence-corrected chi connectivity index (χ3v) is 5.54. The second kappa shape index (κ2) is 9.67.